The van der Waals surface area contributed by atoms with Gasteiger partial charge in [0.25, 0.3) is 6.17 Å². The smallest absolute Gasteiger partial charge is 0.346 e. The first-order valence-electron chi connectivity index (χ1n) is 4.12. The predicted octanol–water partition coefficient (Wildman–Crippen LogP) is 1.30. The summed E-state index contributed by atoms with van der Waals surface area (Å²) in [6.07, 6.45) is -2.55. The first kappa shape index (κ1) is 11.2. The molecule has 4 nitrogen and oxygen atoms in total. The lowest BCUT2D eigenvalue weighted by Crippen LogP contribution is -2.25. The maximum Gasteiger partial charge on any atom is 0.346 e. The molecule has 1 unspecified atom stereocenters. The SMILES string of the molecule is COc1ccccc1C(=O)C(F)C(=O)O. The number of alkyl halides is 1. The average Bonchev–Trinajstić information content (AvgIpc) is 2.26. The third-order valence-corrected chi connectivity index (χ3v) is 1.82. The number of methoxy groups -OCH3 is 1. The Kier molecular flexibility index (Phi) is 3.38. The fourth-order valence-electron chi connectivity index (χ4n) is 1.10. The van der Waals surface area contributed by atoms with Crippen LogP contribution in [0.4, 0.5) is 4.39 Å². The Balaban J connectivity index is 3.05. The van der Waals surface area contributed by atoms with E-state index in [1.807, 2.05) is 0 Å². The number of ether oxygens (including phenoxy) is 1. The van der Waals surface area contributed by atoms with Crippen molar-refractivity contribution in [3.05, 3.63) is 29.8 Å². The van der Waals surface area contributed by atoms with Gasteiger partial charge in [-0.1, -0.05) is 12.1 Å². The van der Waals surface area contributed by atoms with Gasteiger partial charge in [0.05, 0.1) is 12.7 Å². The summed E-state index contributed by atoms with van der Waals surface area (Å²) < 4.78 is 17.7. The van der Waals surface area contributed by atoms with E-state index in [-0.39, 0.29) is 11.3 Å². The largest absolute Gasteiger partial charge is 0.496 e. The highest BCUT2D eigenvalue weighted by molar-refractivity contribution is 6.11. The molecule has 1 aromatic carbocycles. The number of benzene rings is 1. The molecule has 0 aliphatic heterocycles. The molecule has 0 radical (unpaired) electrons. The first-order valence-corrected chi connectivity index (χ1v) is 4.12. The van der Waals surface area contributed by atoms with E-state index < -0.39 is 17.9 Å². The van der Waals surface area contributed by atoms with Crippen LogP contribution in [0, 0.1) is 0 Å². The van der Waals surface area contributed by atoms with Crippen molar-refractivity contribution in [1.82, 2.24) is 0 Å². The molecule has 80 valence electrons. The van der Waals surface area contributed by atoms with Crippen molar-refractivity contribution in [2.24, 2.45) is 0 Å². The lowest BCUT2D eigenvalue weighted by Gasteiger charge is -2.07. The van der Waals surface area contributed by atoms with Gasteiger partial charge in [-0.15, -0.1) is 0 Å². The molecule has 1 rings (SSSR count). The molecule has 0 amide bonds. The van der Waals surface area contributed by atoms with Crippen LogP contribution in [0.3, 0.4) is 0 Å². The van der Waals surface area contributed by atoms with Crippen LogP contribution in [0.5, 0.6) is 5.75 Å². The van der Waals surface area contributed by atoms with Gasteiger partial charge < -0.3 is 9.84 Å². The summed E-state index contributed by atoms with van der Waals surface area (Å²) in [5, 5.41) is 8.34. The highest BCUT2D eigenvalue weighted by Crippen LogP contribution is 2.19. The number of ketones is 1. The summed E-state index contributed by atoms with van der Waals surface area (Å²) in [7, 11) is 1.32. The monoisotopic (exact) mass is 212 g/mol. The Morgan fingerprint density at radius 3 is 2.53 bits per heavy atom. The average molecular weight is 212 g/mol. The van der Waals surface area contributed by atoms with Crippen LogP contribution in [0.15, 0.2) is 24.3 Å². The Labute approximate surface area is 85.3 Å². The van der Waals surface area contributed by atoms with Crippen molar-refractivity contribution in [2.75, 3.05) is 7.11 Å². The van der Waals surface area contributed by atoms with E-state index in [9.17, 15) is 14.0 Å². The number of para-hydroxylation sites is 1. The van der Waals surface area contributed by atoms with Gasteiger partial charge in [-0.2, -0.15) is 0 Å². The number of halogens is 1. The normalized spacial score (nSPS) is 11.9. The van der Waals surface area contributed by atoms with Gasteiger partial charge in [0, 0.05) is 0 Å². The molecule has 5 heteroatoms. The topological polar surface area (TPSA) is 63.6 Å². The summed E-state index contributed by atoms with van der Waals surface area (Å²) in [6.45, 7) is 0. The molecule has 1 N–H and O–H groups in total. The highest BCUT2D eigenvalue weighted by Gasteiger charge is 2.28. The molecule has 0 saturated heterocycles. The molecular formula is C10H9FO4. The van der Waals surface area contributed by atoms with Gasteiger partial charge in [-0.05, 0) is 12.1 Å². The molecule has 0 aromatic heterocycles. The molecule has 0 heterocycles. The predicted molar refractivity (Wildman–Crippen MR) is 49.9 cm³/mol. The maximum absolute atomic E-state index is 12.9. The van der Waals surface area contributed by atoms with Gasteiger partial charge in [0.15, 0.2) is 0 Å². The highest BCUT2D eigenvalue weighted by atomic mass is 19.1. The van der Waals surface area contributed by atoms with Crippen molar-refractivity contribution in [1.29, 1.82) is 0 Å². The minimum absolute atomic E-state index is 0.0742. The molecule has 0 saturated carbocycles. The molecular weight excluding hydrogens is 203 g/mol. The van der Waals surface area contributed by atoms with Crippen LogP contribution < -0.4 is 4.74 Å². The number of aliphatic carboxylic acids is 1. The Morgan fingerprint density at radius 2 is 2.00 bits per heavy atom. The zero-order valence-electron chi connectivity index (χ0n) is 7.94. The molecule has 0 aliphatic carbocycles. The molecule has 0 bridgehead atoms. The summed E-state index contributed by atoms with van der Waals surface area (Å²) in [5.41, 5.74) is -0.0742. The van der Waals surface area contributed by atoms with Gasteiger partial charge in [-0.25, -0.2) is 9.18 Å². The molecule has 15 heavy (non-hydrogen) atoms. The van der Waals surface area contributed by atoms with Crippen molar-refractivity contribution in [3.8, 4) is 5.75 Å². The standard InChI is InChI=1S/C10H9FO4/c1-15-7-5-3-2-4-6(7)9(12)8(11)10(13)14/h2-5,8H,1H3,(H,13,14). The molecule has 0 spiro atoms. The molecule has 0 aliphatic rings. The number of carboxylic acids is 1. The third-order valence-electron chi connectivity index (χ3n) is 1.82. The molecule has 1 aromatic rings. The van der Waals surface area contributed by atoms with Crippen LogP contribution in [0.1, 0.15) is 10.4 Å². The minimum atomic E-state index is -2.55. The fraction of sp³-hybridized carbons (Fsp3) is 0.200. The summed E-state index contributed by atoms with van der Waals surface area (Å²) in [5.74, 6) is -2.75. The molecule has 0 fully saturated rings. The van der Waals surface area contributed by atoms with Crippen LogP contribution in [0.2, 0.25) is 0 Å². The second-order valence-corrected chi connectivity index (χ2v) is 2.77. The van der Waals surface area contributed by atoms with E-state index in [2.05, 4.69) is 0 Å². The maximum atomic E-state index is 12.9. The summed E-state index contributed by atoms with van der Waals surface area (Å²) in [6, 6.07) is 5.88. The number of carbonyl (C=O) groups excluding carboxylic acids is 1. The summed E-state index contributed by atoms with van der Waals surface area (Å²) in [4.78, 5) is 21.6. The number of Topliss-reactive ketones (excluding diaryl/α,β-unsaturated/α-hetero) is 1. The van der Waals surface area contributed by atoms with Crippen molar-refractivity contribution in [3.63, 3.8) is 0 Å². The zero-order valence-corrected chi connectivity index (χ0v) is 7.94. The van der Waals surface area contributed by atoms with E-state index in [1.165, 1.54) is 25.3 Å². The zero-order chi connectivity index (χ0) is 11.4. The van der Waals surface area contributed by atoms with Crippen LogP contribution in [-0.4, -0.2) is 30.1 Å². The number of hydrogen-bond acceptors (Lipinski definition) is 3. The second-order valence-electron chi connectivity index (χ2n) is 2.77. The number of carbonyl (C=O) groups is 2. The van der Waals surface area contributed by atoms with Gasteiger partial charge in [0.2, 0.25) is 5.78 Å². The lowest BCUT2D eigenvalue weighted by atomic mass is 10.1. The molecule has 1 atom stereocenters. The number of carboxylic acid groups (broad SMARTS) is 1. The Morgan fingerprint density at radius 1 is 1.40 bits per heavy atom. The van der Waals surface area contributed by atoms with E-state index in [1.54, 1.807) is 6.07 Å². The summed E-state index contributed by atoms with van der Waals surface area (Å²) >= 11 is 0. The quantitative estimate of drug-likeness (QED) is 0.603. The van der Waals surface area contributed by atoms with Crippen molar-refractivity contribution >= 4 is 11.8 Å². The van der Waals surface area contributed by atoms with Crippen molar-refractivity contribution < 1.29 is 23.8 Å². The van der Waals surface area contributed by atoms with E-state index in [0.717, 1.165) is 0 Å². The van der Waals surface area contributed by atoms with Crippen molar-refractivity contribution in [2.45, 2.75) is 6.17 Å². The van der Waals surface area contributed by atoms with Crippen LogP contribution in [-0.2, 0) is 4.79 Å². The van der Waals surface area contributed by atoms with Gasteiger partial charge in [0.1, 0.15) is 5.75 Å². The Hall–Kier alpha value is -1.91. The van der Waals surface area contributed by atoms with Gasteiger partial charge >= 0.3 is 5.97 Å². The third kappa shape index (κ3) is 2.31. The minimum Gasteiger partial charge on any atom is -0.496 e. The van der Waals surface area contributed by atoms with Gasteiger partial charge in [-0.3, -0.25) is 4.79 Å². The van der Waals surface area contributed by atoms with E-state index in [4.69, 9.17) is 9.84 Å². The lowest BCUT2D eigenvalue weighted by molar-refractivity contribution is -0.140. The second kappa shape index (κ2) is 4.54. The van der Waals surface area contributed by atoms with Crippen LogP contribution >= 0.6 is 0 Å². The first-order chi connectivity index (χ1) is 7.07. The van der Waals surface area contributed by atoms with Crippen LogP contribution in [0.25, 0.3) is 0 Å². The van der Waals surface area contributed by atoms with E-state index >= 15 is 0 Å². The van der Waals surface area contributed by atoms with E-state index in [0.29, 0.717) is 0 Å². The number of rotatable bonds is 4. The Bertz CT molecular complexity index is 389. The fourth-order valence-corrected chi connectivity index (χ4v) is 1.10. The number of hydrogen-bond donors (Lipinski definition) is 1.